The second kappa shape index (κ2) is 4.96. The molecule has 0 saturated heterocycles. The van der Waals surface area contributed by atoms with Crippen molar-refractivity contribution in [1.29, 1.82) is 0 Å². The van der Waals surface area contributed by atoms with Crippen molar-refractivity contribution >= 4 is 11.9 Å². The number of allylic oxidation sites excluding steroid dienone is 1. The summed E-state index contributed by atoms with van der Waals surface area (Å²) in [7, 11) is 0. The molecule has 0 aliphatic carbocycles. The van der Waals surface area contributed by atoms with Crippen LogP contribution in [0, 0.1) is 5.41 Å². The van der Waals surface area contributed by atoms with E-state index in [0.29, 0.717) is 18.4 Å². The summed E-state index contributed by atoms with van der Waals surface area (Å²) in [5.41, 5.74) is -0.379. The zero-order valence-electron chi connectivity index (χ0n) is 9.63. The average molecular weight is 214 g/mol. The van der Waals surface area contributed by atoms with Crippen LogP contribution in [0.4, 0.5) is 0 Å². The predicted molar refractivity (Wildman–Crippen MR) is 56.7 cm³/mol. The minimum atomic E-state index is -1.36. The van der Waals surface area contributed by atoms with E-state index >= 15 is 0 Å². The number of carboxylic acid groups (broad SMARTS) is 2. The van der Waals surface area contributed by atoms with Crippen LogP contribution in [-0.2, 0) is 9.59 Å². The summed E-state index contributed by atoms with van der Waals surface area (Å²) < 4.78 is 0. The summed E-state index contributed by atoms with van der Waals surface area (Å²) in [5.74, 6) is -2.72. The van der Waals surface area contributed by atoms with Gasteiger partial charge in [-0.25, -0.2) is 9.59 Å². The normalized spacial score (nSPS) is 10.9. The van der Waals surface area contributed by atoms with E-state index < -0.39 is 17.5 Å². The van der Waals surface area contributed by atoms with Crippen molar-refractivity contribution in [2.24, 2.45) is 5.41 Å². The Balaban J connectivity index is 5.64. The molecule has 86 valence electrons. The third-order valence-corrected chi connectivity index (χ3v) is 2.78. The molecule has 4 heteroatoms. The van der Waals surface area contributed by atoms with E-state index in [-0.39, 0.29) is 5.41 Å². The third-order valence-electron chi connectivity index (χ3n) is 2.78. The van der Waals surface area contributed by atoms with Crippen molar-refractivity contribution in [3.63, 3.8) is 0 Å². The van der Waals surface area contributed by atoms with Gasteiger partial charge in [0.05, 0.1) is 0 Å². The predicted octanol–water partition coefficient (Wildman–Crippen LogP) is 2.30. The monoisotopic (exact) mass is 214 g/mol. The fraction of sp³-hybridized carbons (Fsp3) is 0.636. The maximum absolute atomic E-state index is 10.9. The van der Waals surface area contributed by atoms with Crippen LogP contribution in [0.15, 0.2) is 11.1 Å². The first-order valence-electron chi connectivity index (χ1n) is 4.98. The molecule has 4 nitrogen and oxygen atoms in total. The summed E-state index contributed by atoms with van der Waals surface area (Å²) in [5, 5.41) is 17.7. The number of hydrogen-bond donors (Lipinski definition) is 2. The number of carboxylic acids is 2. The average Bonchev–Trinajstić information content (AvgIpc) is 2.12. The van der Waals surface area contributed by atoms with Gasteiger partial charge in [-0.1, -0.05) is 27.7 Å². The van der Waals surface area contributed by atoms with Gasteiger partial charge in [-0.2, -0.15) is 0 Å². The van der Waals surface area contributed by atoms with Crippen LogP contribution < -0.4 is 0 Å². The molecule has 0 spiro atoms. The molecule has 0 radical (unpaired) electrons. The SMILES string of the molecule is CCC(=C(C(=O)O)C(=O)O)C(C)(C)CC. The molecule has 0 aromatic rings. The minimum absolute atomic E-state index is 0.388. The fourth-order valence-corrected chi connectivity index (χ4v) is 1.56. The fourth-order valence-electron chi connectivity index (χ4n) is 1.56. The molecule has 0 aliphatic rings. The lowest BCUT2D eigenvalue weighted by Crippen LogP contribution is -2.22. The molecule has 15 heavy (non-hydrogen) atoms. The van der Waals surface area contributed by atoms with Gasteiger partial charge in [0.2, 0.25) is 0 Å². The van der Waals surface area contributed by atoms with E-state index in [9.17, 15) is 9.59 Å². The molecule has 0 atom stereocenters. The Hall–Kier alpha value is -1.32. The molecule has 0 amide bonds. The van der Waals surface area contributed by atoms with E-state index in [4.69, 9.17) is 10.2 Å². The van der Waals surface area contributed by atoms with Gasteiger partial charge in [0.1, 0.15) is 5.57 Å². The lowest BCUT2D eigenvalue weighted by Gasteiger charge is -2.27. The highest BCUT2D eigenvalue weighted by atomic mass is 16.4. The van der Waals surface area contributed by atoms with Crippen LogP contribution in [-0.4, -0.2) is 22.2 Å². The maximum Gasteiger partial charge on any atom is 0.343 e. The largest absolute Gasteiger partial charge is 0.477 e. The van der Waals surface area contributed by atoms with Crippen LogP contribution in [0.2, 0.25) is 0 Å². The standard InChI is InChI=1S/C11H18O4/c1-5-7(11(3,4)6-2)8(9(12)13)10(14)15/h5-6H2,1-4H3,(H,12,13)(H,14,15). The Morgan fingerprint density at radius 3 is 1.67 bits per heavy atom. The molecule has 0 saturated carbocycles. The summed E-state index contributed by atoms with van der Waals surface area (Å²) in [6, 6.07) is 0. The summed E-state index contributed by atoms with van der Waals surface area (Å²) in [6.07, 6.45) is 1.15. The number of rotatable bonds is 5. The molecule has 0 aromatic heterocycles. The molecular formula is C11H18O4. The van der Waals surface area contributed by atoms with Crippen molar-refractivity contribution in [2.45, 2.75) is 40.5 Å². The quantitative estimate of drug-likeness (QED) is 0.418. The van der Waals surface area contributed by atoms with Gasteiger partial charge < -0.3 is 10.2 Å². The molecule has 0 fully saturated rings. The van der Waals surface area contributed by atoms with E-state index in [0.717, 1.165) is 0 Å². The van der Waals surface area contributed by atoms with Crippen LogP contribution in [0.1, 0.15) is 40.5 Å². The van der Waals surface area contributed by atoms with E-state index in [1.165, 1.54) is 0 Å². The second-order valence-corrected chi connectivity index (χ2v) is 4.05. The first-order valence-corrected chi connectivity index (χ1v) is 4.98. The van der Waals surface area contributed by atoms with Crippen molar-refractivity contribution in [3.05, 3.63) is 11.1 Å². The second-order valence-electron chi connectivity index (χ2n) is 4.05. The smallest absolute Gasteiger partial charge is 0.343 e. The minimum Gasteiger partial charge on any atom is -0.477 e. The van der Waals surface area contributed by atoms with Gasteiger partial charge in [0, 0.05) is 0 Å². The van der Waals surface area contributed by atoms with Crippen molar-refractivity contribution in [3.8, 4) is 0 Å². The highest BCUT2D eigenvalue weighted by Crippen LogP contribution is 2.34. The first kappa shape index (κ1) is 13.7. The number of aliphatic carboxylic acids is 2. The molecule has 0 rings (SSSR count). The van der Waals surface area contributed by atoms with E-state index in [2.05, 4.69) is 0 Å². The van der Waals surface area contributed by atoms with Crippen LogP contribution in [0.5, 0.6) is 0 Å². The topological polar surface area (TPSA) is 74.6 Å². The molecule has 0 aliphatic heterocycles. The van der Waals surface area contributed by atoms with E-state index in [1.807, 2.05) is 20.8 Å². The lowest BCUT2D eigenvalue weighted by atomic mass is 9.78. The summed E-state index contributed by atoms with van der Waals surface area (Å²) in [6.45, 7) is 7.41. The van der Waals surface area contributed by atoms with Crippen LogP contribution >= 0.6 is 0 Å². The third kappa shape index (κ3) is 3.08. The first-order chi connectivity index (χ1) is 6.77. The Morgan fingerprint density at radius 2 is 1.47 bits per heavy atom. The van der Waals surface area contributed by atoms with Gasteiger partial charge in [0.15, 0.2) is 0 Å². The molecule has 0 heterocycles. The van der Waals surface area contributed by atoms with Crippen molar-refractivity contribution in [2.75, 3.05) is 0 Å². The summed E-state index contributed by atoms with van der Waals surface area (Å²) >= 11 is 0. The molecule has 2 N–H and O–H groups in total. The number of hydrogen-bond acceptors (Lipinski definition) is 2. The number of carbonyl (C=O) groups is 2. The molecule has 0 aromatic carbocycles. The van der Waals surface area contributed by atoms with Crippen LogP contribution in [0.3, 0.4) is 0 Å². The summed E-state index contributed by atoms with van der Waals surface area (Å²) in [4.78, 5) is 21.7. The maximum atomic E-state index is 10.9. The van der Waals surface area contributed by atoms with Crippen LogP contribution in [0.25, 0.3) is 0 Å². The Labute approximate surface area is 89.6 Å². The van der Waals surface area contributed by atoms with E-state index in [1.54, 1.807) is 6.92 Å². The van der Waals surface area contributed by atoms with Crippen molar-refractivity contribution in [1.82, 2.24) is 0 Å². The molecule has 0 unspecified atom stereocenters. The Kier molecular flexibility index (Phi) is 4.52. The zero-order valence-corrected chi connectivity index (χ0v) is 9.63. The van der Waals surface area contributed by atoms with Gasteiger partial charge in [0.25, 0.3) is 0 Å². The van der Waals surface area contributed by atoms with Gasteiger partial charge >= 0.3 is 11.9 Å². The Bertz CT molecular complexity index is 284. The van der Waals surface area contributed by atoms with Crippen molar-refractivity contribution < 1.29 is 19.8 Å². The highest BCUT2D eigenvalue weighted by molar-refractivity contribution is 6.13. The molecular weight excluding hydrogens is 196 g/mol. The Morgan fingerprint density at radius 1 is 1.07 bits per heavy atom. The van der Waals surface area contributed by atoms with Gasteiger partial charge in [-0.3, -0.25) is 0 Å². The van der Waals surface area contributed by atoms with Gasteiger partial charge in [-0.05, 0) is 23.8 Å². The van der Waals surface area contributed by atoms with Gasteiger partial charge in [-0.15, -0.1) is 0 Å². The molecule has 0 bridgehead atoms. The lowest BCUT2D eigenvalue weighted by molar-refractivity contribution is -0.140. The zero-order chi connectivity index (χ0) is 12.2. The highest BCUT2D eigenvalue weighted by Gasteiger charge is 2.29.